The Hall–Kier alpha value is -2.12. The zero-order valence-corrected chi connectivity index (χ0v) is 15.3. The number of hydrogen-bond donors (Lipinski definition) is 0. The number of ether oxygens (including phenoxy) is 3. The summed E-state index contributed by atoms with van der Waals surface area (Å²) in [5.41, 5.74) is 1.00. The van der Waals surface area contributed by atoms with E-state index in [9.17, 15) is 4.79 Å². The number of fused-ring (bicyclic) bond motifs is 1. The largest absolute Gasteiger partial charge is 0.493 e. The lowest BCUT2D eigenvalue weighted by molar-refractivity contribution is -0.138. The average Bonchev–Trinajstić information content (AvgIpc) is 3.16. The van der Waals surface area contributed by atoms with Crippen LogP contribution in [-0.4, -0.2) is 49.8 Å². The maximum atomic E-state index is 13.0. The van der Waals surface area contributed by atoms with Crippen molar-refractivity contribution >= 4 is 17.2 Å². The van der Waals surface area contributed by atoms with Crippen LogP contribution in [0, 0.1) is 5.92 Å². The zero-order chi connectivity index (χ0) is 17.6. The molecule has 0 fully saturated rings. The Morgan fingerprint density at radius 1 is 1.44 bits per heavy atom. The second-order valence-corrected chi connectivity index (χ2v) is 6.82. The van der Waals surface area contributed by atoms with Gasteiger partial charge >= 0.3 is 0 Å². The van der Waals surface area contributed by atoms with Crippen LogP contribution in [0.25, 0.3) is 0 Å². The minimum Gasteiger partial charge on any atom is -0.493 e. The van der Waals surface area contributed by atoms with Crippen LogP contribution in [0.3, 0.4) is 0 Å². The molecule has 1 aromatic carbocycles. The zero-order valence-electron chi connectivity index (χ0n) is 14.4. The Balaban J connectivity index is 1.73. The molecule has 1 amide bonds. The normalized spacial score (nSPS) is 16.0. The number of aromatic nitrogens is 1. The first-order chi connectivity index (χ1) is 12.2. The van der Waals surface area contributed by atoms with Gasteiger partial charge in [0.05, 0.1) is 26.2 Å². The highest BCUT2D eigenvalue weighted by atomic mass is 32.1. The number of carbonyl (C=O) groups is 1. The van der Waals surface area contributed by atoms with Gasteiger partial charge in [0.1, 0.15) is 11.6 Å². The number of para-hydroxylation sites is 1. The first-order valence-corrected chi connectivity index (χ1v) is 9.05. The molecule has 0 radical (unpaired) electrons. The highest BCUT2D eigenvalue weighted by Crippen LogP contribution is 2.36. The Labute approximate surface area is 151 Å². The summed E-state index contributed by atoms with van der Waals surface area (Å²) in [6, 6.07) is 5.78. The van der Waals surface area contributed by atoms with Crippen molar-refractivity contribution < 1.29 is 19.0 Å². The van der Waals surface area contributed by atoms with Gasteiger partial charge in [-0.25, -0.2) is 4.98 Å². The smallest absolute Gasteiger partial charge is 0.229 e. The summed E-state index contributed by atoms with van der Waals surface area (Å²) in [4.78, 5) is 19.1. The Morgan fingerprint density at radius 3 is 3.04 bits per heavy atom. The summed E-state index contributed by atoms with van der Waals surface area (Å²) in [6.45, 7) is 1.89. The van der Waals surface area contributed by atoms with Gasteiger partial charge in [-0.1, -0.05) is 12.1 Å². The fourth-order valence-electron chi connectivity index (χ4n) is 2.93. The molecule has 1 atom stereocenters. The molecule has 0 spiro atoms. The minimum atomic E-state index is -0.212. The first kappa shape index (κ1) is 17.7. The van der Waals surface area contributed by atoms with E-state index < -0.39 is 0 Å². The van der Waals surface area contributed by atoms with Gasteiger partial charge in [0.25, 0.3) is 0 Å². The Bertz CT molecular complexity index is 705. The van der Waals surface area contributed by atoms with Crippen molar-refractivity contribution in [3.05, 3.63) is 40.3 Å². The molecule has 134 valence electrons. The van der Waals surface area contributed by atoms with Crippen molar-refractivity contribution in [2.45, 2.75) is 13.0 Å². The van der Waals surface area contributed by atoms with E-state index in [1.807, 2.05) is 28.5 Å². The molecule has 0 saturated heterocycles. The molecule has 0 N–H and O–H groups in total. The molecule has 2 aromatic rings. The van der Waals surface area contributed by atoms with Crippen molar-refractivity contribution in [3.63, 3.8) is 0 Å². The number of benzene rings is 1. The van der Waals surface area contributed by atoms with Crippen LogP contribution in [-0.2, 0) is 22.5 Å². The Morgan fingerprint density at radius 2 is 2.32 bits per heavy atom. The molecule has 0 bridgehead atoms. The lowest BCUT2D eigenvalue weighted by Crippen LogP contribution is -2.42. The van der Waals surface area contributed by atoms with E-state index in [-0.39, 0.29) is 11.8 Å². The van der Waals surface area contributed by atoms with Crippen LogP contribution in [0.4, 0.5) is 0 Å². The maximum Gasteiger partial charge on any atom is 0.229 e. The van der Waals surface area contributed by atoms with Crippen molar-refractivity contribution in [2.75, 3.05) is 34.0 Å². The first-order valence-electron chi connectivity index (χ1n) is 8.17. The monoisotopic (exact) mass is 362 g/mol. The van der Waals surface area contributed by atoms with Crippen molar-refractivity contribution in [1.29, 1.82) is 0 Å². The molecule has 1 unspecified atom stereocenters. The van der Waals surface area contributed by atoms with Gasteiger partial charge in [-0.3, -0.25) is 4.79 Å². The van der Waals surface area contributed by atoms with E-state index in [1.165, 1.54) is 0 Å². The van der Waals surface area contributed by atoms with Crippen LogP contribution in [0.5, 0.6) is 11.5 Å². The molecule has 25 heavy (non-hydrogen) atoms. The highest BCUT2D eigenvalue weighted by molar-refractivity contribution is 7.09. The van der Waals surface area contributed by atoms with Crippen LogP contribution < -0.4 is 9.47 Å². The molecule has 6 nitrogen and oxygen atoms in total. The summed E-state index contributed by atoms with van der Waals surface area (Å²) >= 11 is 1.55. The average molecular weight is 362 g/mol. The van der Waals surface area contributed by atoms with Crippen LogP contribution >= 0.6 is 11.3 Å². The highest BCUT2D eigenvalue weighted by Gasteiger charge is 2.31. The number of rotatable bonds is 7. The number of hydrogen-bond acceptors (Lipinski definition) is 6. The third-order valence-corrected chi connectivity index (χ3v) is 4.98. The van der Waals surface area contributed by atoms with Crippen molar-refractivity contribution in [1.82, 2.24) is 9.88 Å². The van der Waals surface area contributed by atoms with Gasteiger partial charge in [-0.2, -0.15) is 0 Å². The molecule has 3 rings (SSSR count). The number of thiazole rings is 1. The van der Waals surface area contributed by atoms with Crippen LogP contribution in [0.1, 0.15) is 10.6 Å². The predicted octanol–water partition coefficient (Wildman–Crippen LogP) is 2.38. The summed E-state index contributed by atoms with van der Waals surface area (Å²) in [7, 11) is 3.26. The number of amides is 1. The fraction of sp³-hybridized carbons (Fsp3) is 0.444. The molecule has 7 heteroatoms. The molecule has 2 heterocycles. The number of methoxy groups -OCH3 is 2. The summed E-state index contributed by atoms with van der Waals surface area (Å²) in [6.07, 6.45) is 2.40. The number of nitrogens with zero attached hydrogens (tertiary/aromatic N) is 2. The second-order valence-electron chi connectivity index (χ2n) is 5.84. The Kier molecular flexibility index (Phi) is 5.88. The molecule has 1 aromatic heterocycles. The maximum absolute atomic E-state index is 13.0. The van der Waals surface area contributed by atoms with Gasteiger partial charge in [-0.05, 0) is 18.1 Å². The molecule has 1 aliphatic rings. The molecular formula is C18H22N2O4S. The predicted molar refractivity (Wildman–Crippen MR) is 95.1 cm³/mol. The van der Waals surface area contributed by atoms with Gasteiger partial charge in [-0.15, -0.1) is 11.3 Å². The van der Waals surface area contributed by atoms with E-state index in [0.717, 1.165) is 16.3 Å². The number of carbonyl (C=O) groups excluding carboxylic acids is 1. The summed E-state index contributed by atoms with van der Waals surface area (Å²) in [5, 5.41) is 2.84. The van der Waals surface area contributed by atoms with Gasteiger partial charge in [0.15, 0.2) is 11.5 Å². The van der Waals surface area contributed by atoms with E-state index in [0.29, 0.717) is 38.5 Å². The topological polar surface area (TPSA) is 60.9 Å². The third kappa shape index (κ3) is 4.11. The standard InChI is InChI=1S/C18H22N2O4S/c1-22-8-7-20(11-16-19-6-9-25-16)18(21)14-10-13-4-3-5-15(23-2)17(13)24-12-14/h3-6,9,14H,7-8,10-12H2,1-2H3. The molecule has 0 aliphatic carbocycles. The SMILES string of the molecule is COCCN(Cc1nccs1)C(=O)C1COc2c(cccc2OC)C1. The van der Waals surface area contributed by atoms with Crippen molar-refractivity contribution in [2.24, 2.45) is 5.92 Å². The molecule has 1 aliphatic heterocycles. The molecular weight excluding hydrogens is 340 g/mol. The molecule has 0 saturated carbocycles. The van der Waals surface area contributed by atoms with E-state index in [1.54, 1.807) is 31.8 Å². The quantitative estimate of drug-likeness (QED) is 0.757. The summed E-state index contributed by atoms with van der Waals surface area (Å²) in [5.74, 6) is 1.32. The van der Waals surface area contributed by atoms with Crippen molar-refractivity contribution in [3.8, 4) is 11.5 Å². The van der Waals surface area contributed by atoms with Gasteiger partial charge < -0.3 is 19.1 Å². The van der Waals surface area contributed by atoms with E-state index >= 15 is 0 Å². The lowest BCUT2D eigenvalue weighted by Gasteiger charge is -2.30. The lowest BCUT2D eigenvalue weighted by atomic mass is 9.95. The fourth-order valence-corrected chi connectivity index (χ4v) is 3.57. The van der Waals surface area contributed by atoms with Crippen LogP contribution in [0.15, 0.2) is 29.8 Å². The minimum absolute atomic E-state index is 0.0701. The van der Waals surface area contributed by atoms with E-state index in [2.05, 4.69) is 4.98 Å². The van der Waals surface area contributed by atoms with Gasteiger partial charge in [0, 0.05) is 25.2 Å². The van der Waals surface area contributed by atoms with E-state index in [4.69, 9.17) is 14.2 Å². The van der Waals surface area contributed by atoms with Crippen LogP contribution in [0.2, 0.25) is 0 Å². The summed E-state index contributed by atoms with van der Waals surface area (Å²) < 4.78 is 16.3. The third-order valence-electron chi connectivity index (χ3n) is 4.21. The second kappa shape index (κ2) is 8.31. The van der Waals surface area contributed by atoms with Gasteiger partial charge in [0.2, 0.25) is 5.91 Å².